The average Bonchev–Trinajstić information content (AvgIpc) is 2.77. The Morgan fingerprint density at radius 2 is 2.06 bits per heavy atom. The molecule has 2 aromatic carbocycles. The molecule has 0 radical (unpaired) electrons. The lowest BCUT2D eigenvalue weighted by atomic mass is 9.79. The molecule has 0 fully saturated rings. The molecule has 0 saturated heterocycles. The molecule has 0 saturated carbocycles. The van der Waals surface area contributed by atoms with Gasteiger partial charge in [0, 0.05) is 23.2 Å². The number of aryl methyl sites for hydroxylation is 1. The fraction of sp³-hybridized carbons (Fsp3) is 0.348. The van der Waals surface area contributed by atoms with Gasteiger partial charge in [0.1, 0.15) is 17.3 Å². The van der Waals surface area contributed by atoms with Crippen molar-refractivity contribution in [2.45, 2.75) is 37.7 Å². The number of aliphatic imine (C=N–C) groups is 1. The summed E-state index contributed by atoms with van der Waals surface area (Å²) in [5.41, 5.74) is -2.46. The fourth-order valence-corrected chi connectivity index (χ4v) is 3.79. The maximum Gasteiger partial charge on any atom is 0.290 e. The number of aromatic nitrogens is 2. The lowest BCUT2D eigenvalue weighted by Crippen LogP contribution is -2.54. The van der Waals surface area contributed by atoms with E-state index in [9.17, 15) is 5.11 Å². The number of fused-ring (bicyclic) bond motifs is 2. The second kappa shape index (κ2) is 8.05. The Morgan fingerprint density at radius 3 is 2.81 bits per heavy atom. The highest BCUT2D eigenvalue weighted by Gasteiger charge is 2.59. The number of benzene rings is 2. The van der Waals surface area contributed by atoms with Crippen LogP contribution >= 0.6 is 0 Å². The number of halogens is 3. The molecular weight excluding hydrogens is 423 g/mol. The predicted molar refractivity (Wildman–Crippen MR) is 114 cm³/mol. The normalized spacial score (nSPS) is 18.6. The van der Waals surface area contributed by atoms with Crippen molar-refractivity contribution in [1.29, 1.82) is 0 Å². The van der Waals surface area contributed by atoms with Gasteiger partial charge in [-0.15, -0.1) is 0 Å². The molecule has 1 aromatic heterocycles. The number of hydrogen-bond acceptors (Lipinski definition) is 6. The molecule has 9 heteroatoms. The van der Waals surface area contributed by atoms with E-state index in [0.29, 0.717) is 22.5 Å². The summed E-state index contributed by atoms with van der Waals surface area (Å²) in [5.74, 6) is -5.79. The first kappa shape index (κ1) is 22.0. The van der Waals surface area contributed by atoms with Crippen LogP contribution in [-0.4, -0.2) is 46.3 Å². The van der Waals surface area contributed by atoms with E-state index in [-0.39, 0.29) is 30.0 Å². The van der Waals surface area contributed by atoms with Crippen LogP contribution in [0.5, 0.6) is 11.5 Å². The molecule has 1 aliphatic heterocycles. The topological polar surface area (TPSA) is 76.8 Å². The molecule has 32 heavy (non-hydrogen) atoms. The minimum Gasteiger partial charge on any atom is -0.497 e. The summed E-state index contributed by atoms with van der Waals surface area (Å²) in [4.78, 5) is 12.0. The van der Waals surface area contributed by atoms with E-state index < -0.39 is 23.4 Å². The summed E-state index contributed by atoms with van der Waals surface area (Å²) < 4.78 is 56.9. The van der Waals surface area contributed by atoms with Crippen molar-refractivity contribution >= 4 is 22.6 Å². The summed E-state index contributed by atoms with van der Waals surface area (Å²) in [5, 5.41) is 11.1. The second-order valence-corrected chi connectivity index (χ2v) is 7.82. The lowest BCUT2D eigenvalue weighted by molar-refractivity contribution is -0.158. The van der Waals surface area contributed by atoms with Crippen molar-refractivity contribution in [3.05, 3.63) is 54.0 Å². The standard InChI is InChI=1S/C23H22F3N3O3/c1-13-27-12-16-18(28-13)5-4-6-19(16)29-21(24)22(2,30)23(25,26)17-9-10-32-20-11-14(31-3)7-8-15(17)20/h4-8,11-12,17,30H,9-10H2,1-3H3. The van der Waals surface area contributed by atoms with Crippen molar-refractivity contribution in [3.8, 4) is 11.5 Å². The zero-order valence-corrected chi connectivity index (χ0v) is 17.8. The van der Waals surface area contributed by atoms with Crippen molar-refractivity contribution < 1.29 is 27.8 Å². The van der Waals surface area contributed by atoms with Gasteiger partial charge in [0.25, 0.3) is 5.92 Å². The monoisotopic (exact) mass is 445 g/mol. The van der Waals surface area contributed by atoms with Crippen LogP contribution in [0.3, 0.4) is 0 Å². The van der Waals surface area contributed by atoms with Crippen molar-refractivity contribution in [3.63, 3.8) is 0 Å². The third-order valence-electron chi connectivity index (χ3n) is 5.69. The Balaban J connectivity index is 1.73. The summed E-state index contributed by atoms with van der Waals surface area (Å²) in [6.45, 7) is 2.42. The molecule has 2 atom stereocenters. The number of alkyl halides is 2. The minimum absolute atomic E-state index is 0.00468. The second-order valence-electron chi connectivity index (χ2n) is 7.82. The highest BCUT2D eigenvalue weighted by atomic mass is 19.3. The zero-order valence-electron chi connectivity index (χ0n) is 17.8. The number of methoxy groups -OCH3 is 1. The fourth-order valence-electron chi connectivity index (χ4n) is 3.79. The van der Waals surface area contributed by atoms with E-state index in [4.69, 9.17) is 9.47 Å². The van der Waals surface area contributed by atoms with E-state index in [1.54, 1.807) is 19.1 Å². The number of hydrogen-bond donors (Lipinski definition) is 1. The summed E-state index contributed by atoms with van der Waals surface area (Å²) in [6.07, 6.45) is 1.34. The number of aliphatic hydroxyl groups is 1. The van der Waals surface area contributed by atoms with Crippen LogP contribution in [0.4, 0.5) is 18.9 Å². The molecule has 0 amide bonds. The molecule has 6 nitrogen and oxygen atoms in total. The molecule has 3 aromatic rings. The molecule has 2 unspecified atom stereocenters. The zero-order chi connectivity index (χ0) is 23.1. The molecule has 4 rings (SSSR count). The molecule has 0 spiro atoms. The Labute approximate surface area is 182 Å². The molecule has 1 aliphatic rings. The maximum atomic E-state index is 15.6. The van der Waals surface area contributed by atoms with Crippen molar-refractivity contribution in [2.75, 3.05) is 13.7 Å². The predicted octanol–water partition coefficient (Wildman–Crippen LogP) is 4.90. The van der Waals surface area contributed by atoms with Crippen LogP contribution in [0.15, 0.2) is 47.6 Å². The summed E-state index contributed by atoms with van der Waals surface area (Å²) in [6, 6.07) is 9.17. The molecule has 0 bridgehead atoms. The van der Waals surface area contributed by atoms with Crippen molar-refractivity contribution in [2.24, 2.45) is 4.99 Å². The largest absolute Gasteiger partial charge is 0.497 e. The first-order valence-corrected chi connectivity index (χ1v) is 10.0. The quantitative estimate of drug-likeness (QED) is 0.566. The van der Waals surface area contributed by atoms with Crippen molar-refractivity contribution in [1.82, 2.24) is 9.97 Å². The summed E-state index contributed by atoms with van der Waals surface area (Å²) in [7, 11) is 1.45. The van der Waals surface area contributed by atoms with E-state index in [1.807, 2.05) is 0 Å². The SMILES string of the molecule is COc1ccc2c(c1)OCCC2C(F)(F)C(C)(O)C(F)=Nc1cccc2nc(C)ncc12. The van der Waals surface area contributed by atoms with Crippen LogP contribution in [0.2, 0.25) is 0 Å². The van der Waals surface area contributed by atoms with Crippen LogP contribution in [0.1, 0.15) is 30.7 Å². The molecule has 2 heterocycles. The van der Waals surface area contributed by atoms with Gasteiger partial charge >= 0.3 is 0 Å². The van der Waals surface area contributed by atoms with Gasteiger partial charge < -0.3 is 14.6 Å². The highest BCUT2D eigenvalue weighted by Crippen LogP contribution is 2.49. The average molecular weight is 445 g/mol. The molecule has 168 valence electrons. The van der Waals surface area contributed by atoms with E-state index >= 15 is 13.2 Å². The van der Waals surface area contributed by atoms with E-state index in [2.05, 4.69) is 15.0 Å². The number of rotatable bonds is 5. The van der Waals surface area contributed by atoms with E-state index in [1.165, 1.54) is 37.6 Å². The van der Waals surface area contributed by atoms with Crippen LogP contribution in [-0.2, 0) is 0 Å². The van der Waals surface area contributed by atoms with Gasteiger partial charge in [0.05, 0.1) is 30.8 Å². The van der Waals surface area contributed by atoms with Crippen LogP contribution < -0.4 is 9.47 Å². The van der Waals surface area contributed by atoms with Gasteiger partial charge in [0.15, 0.2) is 5.60 Å². The van der Waals surface area contributed by atoms with Crippen LogP contribution in [0.25, 0.3) is 10.9 Å². The van der Waals surface area contributed by atoms with Crippen LogP contribution in [0, 0.1) is 6.92 Å². The van der Waals surface area contributed by atoms with Gasteiger partial charge in [-0.2, -0.15) is 4.39 Å². The first-order chi connectivity index (χ1) is 15.1. The Bertz CT molecular complexity index is 1200. The smallest absolute Gasteiger partial charge is 0.290 e. The number of nitrogens with zero attached hydrogens (tertiary/aromatic N) is 3. The van der Waals surface area contributed by atoms with Gasteiger partial charge in [-0.1, -0.05) is 12.1 Å². The molecule has 1 N–H and O–H groups in total. The summed E-state index contributed by atoms with van der Waals surface area (Å²) >= 11 is 0. The Morgan fingerprint density at radius 1 is 1.28 bits per heavy atom. The van der Waals surface area contributed by atoms with E-state index in [0.717, 1.165) is 6.92 Å². The maximum absolute atomic E-state index is 15.6. The Hall–Kier alpha value is -3.20. The van der Waals surface area contributed by atoms with Gasteiger partial charge in [0.2, 0.25) is 5.97 Å². The van der Waals surface area contributed by atoms with Gasteiger partial charge in [-0.3, -0.25) is 0 Å². The first-order valence-electron chi connectivity index (χ1n) is 10.0. The number of ether oxygens (including phenoxy) is 2. The highest BCUT2D eigenvalue weighted by molar-refractivity contribution is 5.95. The third kappa shape index (κ3) is 3.66. The molecule has 0 aliphatic carbocycles. The van der Waals surface area contributed by atoms with Gasteiger partial charge in [-0.05, 0) is 38.5 Å². The Kier molecular flexibility index (Phi) is 5.54. The minimum atomic E-state index is -3.88. The third-order valence-corrected chi connectivity index (χ3v) is 5.69. The molecular formula is C23H22F3N3O3. The lowest BCUT2D eigenvalue weighted by Gasteiger charge is -2.39. The van der Waals surface area contributed by atoms with Gasteiger partial charge in [-0.25, -0.2) is 23.7 Å².